The molecular formula is C11H17F2N3O. The van der Waals surface area contributed by atoms with Crippen molar-refractivity contribution in [2.75, 3.05) is 0 Å². The first-order valence-corrected chi connectivity index (χ1v) is 5.99. The molecule has 0 spiro atoms. The van der Waals surface area contributed by atoms with Crippen molar-refractivity contribution in [1.82, 2.24) is 10.1 Å². The van der Waals surface area contributed by atoms with E-state index in [1.165, 1.54) is 0 Å². The Morgan fingerprint density at radius 1 is 1.59 bits per heavy atom. The van der Waals surface area contributed by atoms with E-state index in [-0.39, 0.29) is 24.8 Å². The molecule has 1 aliphatic carbocycles. The van der Waals surface area contributed by atoms with E-state index in [0.717, 1.165) is 12.8 Å². The minimum atomic E-state index is -2.59. The fourth-order valence-corrected chi connectivity index (χ4v) is 2.16. The van der Waals surface area contributed by atoms with E-state index in [4.69, 9.17) is 10.3 Å². The number of rotatable bonds is 4. The SMILES string of the molecule is CCCC(N)c1noc(C2CCC(F)(F)C2)n1. The van der Waals surface area contributed by atoms with E-state index in [0.29, 0.717) is 18.1 Å². The molecule has 0 bridgehead atoms. The van der Waals surface area contributed by atoms with E-state index in [1.54, 1.807) is 0 Å². The summed E-state index contributed by atoms with van der Waals surface area (Å²) in [6, 6.07) is -0.264. The van der Waals surface area contributed by atoms with Crippen molar-refractivity contribution in [3.63, 3.8) is 0 Å². The molecule has 2 atom stereocenters. The van der Waals surface area contributed by atoms with Gasteiger partial charge in [-0.25, -0.2) is 8.78 Å². The van der Waals surface area contributed by atoms with Gasteiger partial charge in [0.05, 0.1) is 6.04 Å². The second-order valence-corrected chi connectivity index (χ2v) is 4.68. The van der Waals surface area contributed by atoms with Gasteiger partial charge in [0.2, 0.25) is 11.8 Å². The lowest BCUT2D eigenvalue weighted by Gasteiger charge is -2.06. The minimum absolute atomic E-state index is 0.101. The zero-order valence-electron chi connectivity index (χ0n) is 9.83. The molecule has 1 fully saturated rings. The Hall–Kier alpha value is -1.04. The van der Waals surface area contributed by atoms with Crippen molar-refractivity contribution in [2.24, 2.45) is 5.73 Å². The molecule has 0 saturated heterocycles. The molecule has 17 heavy (non-hydrogen) atoms. The van der Waals surface area contributed by atoms with Gasteiger partial charge in [-0.2, -0.15) is 4.98 Å². The normalized spacial score (nSPS) is 25.1. The maximum atomic E-state index is 13.1. The van der Waals surface area contributed by atoms with Crippen LogP contribution in [0, 0.1) is 0 Å². The van der Waals surface area contributed by atoms with Gasteiger partial charge in [-0.3, -0.25) is 0 Å². The average molecular weight is 245 g/mol. The summed E-state index contributed by atoms with van der Waals surface area (Å²) in [5, 5.41) is 3.77. The lowest BCUT2D eigenvalue weighted by Crippen LogP contribution is -2.12. The molecule has 0 aromatic carbocycles. The van der Waals surface area contributed by atoms with Crippen LogP contribution in [0.4, 0.5) is 8.78 Å². The summed E-state index contributed by atoms with van der Waals surface area (Å²) in [4.78, 5) is 4.14. The highest BCUT2D eigenvalue weighted by Crippen LogP contribution is 2.43. The highest BCUT2D eigenvalue weighted by atomic mass is 19.3. The molecule has 96 valence electrons. The third-order valence-electron chi connectivity index (χ3n) is 3.14. The molecular weight excluding hydrogens is 228 g/mol. The van der Waals surface area contributed by atoms with Gasteiger partial charge in [-0.15, -0.1) is 0 Å². The Kier molecular flexibility index (Phi) is 3.42. The maximum Gasteiger partial charge on any atom is 0.248 e. The van der Waals surface area contributed by atoms with E-state index >= 15 is 0 Å². The predicted octanol–water partition coefficient (Wildman–Crippen LogP) is 2.77. The Balaban J connectivity index is 2.04. The molecule has 2 N–H and O–H groups in total. The Bertz CT molecular complexity index is 381. The number of nitrogens with two attached hydrogens (primary N) is 1. The number of hydrogen-bond donors (Lipinski definition) is 1. The van der Waals surface area contributed by atoms with Gasteiger partial charge in [0.25, 0.3) is 0 Å². The topological polar surface area (TPSA) is 64.9 Å². The Morgan fingerprint density at radius 3 is 2.94 bits per heavy atom. The van der Waals surface area contributed by atoms with Gasteiger partial charge in [-0.05, 0) is 12.8 Å². The molecule has 1 aromatic rings. The molecule has 2 unspecified atom stereocenters. The van der Waals surface area contributed by atoms with E-state index in [1.807, 2.05) is 6.92 Å². The summed E-state index contributed by atoms with van der Waals surface area (Å²) in [5.41, 5.74) is 5.84. The number of nitrogens with zero attached hydrogens (tertiary/aromatic N) is 2. The van der Waals surface area contributed by atoms with Gasteiger partial charge in [0.15, 0.2) is 5.82 Å². The maximum absolute atomic E-state index is 13.1. The van der Waals surface area contributed by atoms with Crippen LogP contribution in [0.2, 0.25) is 0 Å². The summed E-state index contributed by atoms with van der Waals surface area (Å²) in [6.07, 6.45) is 1.79. The molecule has 1 aliphatic rings. The van der Waals surface area contributed by atoms with Crippen LogP contribution in [-0.2, 0) is 0 Å². The fraction of sp³-hybridized carbons (Fsp3) is 0.818. The average Bonchev–Trinajstić information content (AvgIpc) is 2.84. The van der Waals surface area contributed by atoms with Gasteiger partial charge < -0.3 is 10.3 Å². The van der Waals surface area contributed by atoms with Crippen LogP contribution in [0.1, 0.15) is 62.7 Å². The highest BCUT2D eigenvalue weighted by molar-refractivity contribution is 5.02. The van der Waals surface area contributed by atoms with E-state index < -0.39 is 5.92 Å². The van der Waals surface area contributed by atoms with Gasteiger partial charge in [0, 0.05) is 18.8 Å². The monoisotopic (exact) mass is 245 g/mol. The van der Waals surface area contributed by atoms with Crippen molar-refractivity contribution in [3.05, 3.63) is 11.7 Å². The first kappa shape index (κ1) is 12.4. The second kappa shape index (κ2) is 4.68. The Morgan fingerprint density at radius 2 is 2.35 bits per heavy atom. The molecule has 0 radical (unpaired) electrons. The summed E-state index contributed by atoms with van der Waals surface area (Å²) < 4.78 is 31.1. The van der Waals surface area contributed by atoms with Crippen molar-refractivity contribution in [1.29, 1.82) is 0 Å². The second-order valence-electron chi connectivity index (χ2n) is 4.68. The molecule has 1 heterocycles. The zero-order chi connectivity index (χ0) is 12.5. The zero-order valence-corrected chi connectivity index (χ0v) is 9.83. The van der Waals surface area contributed by atoms with Crippen molar-refractivity contribution >= 4 is 0 Å². The lowest BCUT2D eigenvalue weighted by atomic mass is 10.1. The van der Waals surface area contributed by atoms with Crippen LogP contribution in [0.5, 0.6) is 0 Å². The first-order valence-electron chi connectivity index (χ1n) is 5.99. The van der Waals surface area contributed by atoms with Gasteiger partial charge in [-0.1, -0.05) is 18.5 Å². The van der Waals surface area contributed by atoms with Crippen LogP contribution in [0.3, 0.4) is 0 Å². The lowest BCUT2D eigenvalue weighted by molar-refractivity contribution is 0.00690. The molecule has 2 rings (SSSR count). The fourth-order valence-electron chi connectivity index (χ4n) is 2.16. The molecule has 1 saturated carbocycles. The number of halogens is 2. The van der Waals surface area contributed by atoms with Crippen LogP contribution >= 0.6 is 0 Å². The highest BCUT2D eigenvalue weighted by Gasteiger charge is 2.42. The van der Waals surface area contributed by atoms with Gasteiger partial charge >= 0.3 is 0 Å². The van der Waals surface area contributed by atoms with E-state index in [2.05, 4.69) is 10.1 Å². The molecule has 1 aromatic heterocycles. The van der Waals surface area contributed by atoms with Crippen LogP contribution in [0.25, 0.3) is 0 Å². The Labute approximate surface area is 98.6 Å². The largest absolute Gasteiger partial charge is 0.339 e. The standard InChI is InChI=1S/C11H17F2N3O/c1-2-3-8(14)9-15-10(17-16-9)7-4-5-11(12,13)6-7/h7-8H,2-6,14H2,1H3. The molecule has 0 amide bonds. The van der Waals surface area contributed by atoms with Crippen molar-refractivity contribution < 1.29 is 13.3 Å². The smallest absolute Gasteiger partial charge is 0.248 e. The third kappa shape index (κ3) is 2.80. The quantitative estimate of drug-likeness (QED) is 0.885. The van der Waals surface area contributed by atoms with Crippen LogP contribution in [0.15, 0.2) is 4.52 Å². The predicted molar refractivity (Wildman–Crippen MR) is 57.7 cm³/mol. The number of hydrogen-bond acceptors (Lipinski definition) is 4. The van der Waals surface area contributed by atoms with Crippen LogP contribution in [-0.4, -0.2) is 16.1 Å². The summed E-state index contributed by atoms with van der Waals surface area (Å²) >= 11 is 0. The molecule has 4 nitrogen and oxygen atoms in total. The number of aromatic nitrogens is 2. The summed E-state index contributed by atoms with van der Waals surface area (Å²) in [6.45, 7) is 2.01. The minimum Gasteiger partial charge on any atom is -0.339 e. The van der Waals surface area contributed by atoms with Crippen LogP contribution < -0.4 is 5.73 Å². The molecule has 0 aliphatic heterocycles. The summed E-state index contributed by atoms with van der Waals surface area (Å²) in [7, 11) is 0. The third-order valence-corrected chi connectivity index (χ3v) is 3.14. The van der Waals surface area contributed by atoms with Crippen molar-refractivity contribution in [2.45, 2.75) is 56.9 Å². The van der Waals surface area contributed by atoms with Crippen molar-refractivity contribution in [3.8, 4) is 0 Å². The number of alkyl halides is 2. The molecule has 6 heteroatoms. The first-order chi connectivity index (χ1) is 8.02. The van der Waals surface area contributed by atoms with Gasteiger partial charge in [0.1, 0.15) is 0 Å². The van der Waals surface area contributed by atoms with E-state index in [9.17, 15) is 8.78 Å². The summed E-state index contributed by atoms with van der Waals surface area (Å²) in [5.74, 6) is -2.17.